The van der Waals surface area contributed by atoms with E-state index in [9.17, 15) is 14.4 Å². The van der Waals surface area contributed by atoms with E-state index in [0.29, 0.717) is 16.3 Å². The molecule has 2 amide bonds. The van der Waals surface area contributed by atoms with Crippen LogP contribution in [-0.4, -0.2) is 24.4 Å². The zero-order valence-electron chi connectivity index (χ0n) is 16.4. The summed E-state index contributed by atoms with van der Waals surface area (Å²) in [6.45, 7) is 5.12. The van der Waals surface area contributed by atoms with Crippen molar-refractivity contribution < 1.29 is 19.1 Å². The molecule has 0 aliphatic heterocycles. The Morgan fingerprint density at radius 2 is 1.62 bits per heavy atom. The molecule has 0 unspecified atom stereocenters. The molecule has 0 fully saturated rings. The molecule has 0 aromatic heterocycles. The maximum absolute atomic E-state index is 12.1. The van der Waals surface area contributed by atoms with Gasteiger partial charge in [-0.25, -0.2) is 0 Å². The number of anilines is 2. The van der Waals surface area contributed by atoms with Crippen LogP contribution in [0.1, 0.15) is 29.5 Å². The molecule has 8 heteroatoms. The Kier molecular flexibility index (Phi) is 8.22. The van der Waals surface area contributed by atoms with Gasteiger partial charge in [0, 0.05) is 22.3 Å². The van der Waals surface area contributed by atoms with Crippen molar-refractivity contribution in [2.75, 3.05) is 17.2 Å². The Morgan fingerprint density at radius 3 is 2.28 bits per heavy atom. The number of carbonyl (C=O) groups excluding carboxylic acids is 3. The SMILES string of the molecule is Cc1cccc(C)c1NC(=O)CCC(=O)OCC(=O)Nc1ccc(Br)c(Cl)c1C. The summed E-state index contributed by atoms with van der Waals surface area (Å²) in [5.41, 5.74) is 3.87. The van der Waals surface area contributed by atoms with Crippen LogP contribution >= 0.6 is 27.5 Å². The Hall–Kier alpha value is -2.38. The summed E-state index contributed by atoms with van der Waals surface area (Å²) in [5, 5.41) is 5.94. The van der Waals surface area contributed by atoms with E-state index in [1.165, 1.54) is 0 Å². The molecule has 0 radical (unpaired) electrons. The van der Waals surface area contributed by atoms with E-state index >= 15 is 0 Å². The fraction of sp³-hybridized carbons (Fsp3) is 0.286. The van der Waals surface area contributed by atoms with Gasteiger partial charge in [0.05, 0.1) is 11.4 Å². The van der Waals surface area contributed by atoms with Gasteiger partial charge in [-0.3, -0.25) is 14.4 Å². The number of carbonyl (C=O) groups is 3. The quantitative estimate of drug-likeness (QED) is 0.549. The summed E-state index contributed by atoms with van der Waals surface area (Å²) in [5.74, 6) is -1.40. The number of para-hydroxylation sites is 1. The van der Waals surface area contributed by atoms with E-state index in [0.717, 1.165) is 21.3 Å². The highest BCUT2D eigenvalue weighted by Crippen LogP contribution is 2.30. The highest BCUT2D eigenvalue weighted by atomic mass is 79.9. The van der Waals surface area contributed by atoms with E-state index < -0.39 is 18.5 Å². The highest BCUT2D eigenvalue weighted by molar-refractivity contribution is 9.10. The van der Waals surface area contributed by atoms with Crippen molar-refractivity contribution in [3.8, 4) is 0 Å². The first kappa shape index (κ1) is 22.9. The Bertz CT molecular complexity index is 926. The molecular formula is C21H22BrClN2O4. The number of ether oxygens (including phenoxy) is 1. The summed E-state index contributed by atoms with van der Waals surface area (Å²) in [6, 6.07) is 9.12. The number of hydrogen-bond acceptors (Lipinski definition) is 4. The second-order valence-corrected chi connectivity index (χ2v) is 7.79. The maximum atomic E-state index is 12.1. The Morgan fingerprint density at radius 1 is 0.966 bits per heavy atom. The molecule has 29 heavy (non-hydrogen) atoms. The van der Waals surface area contributed by atoms with E-state index in [4.69, 9.17) is 16.3 Å². The molecule has 2 N–H and O–H groups in total. The van der Waals surface area contributed by atoms with Crippen LogP contribution < -0.4 is 10.6 Å². The van der Waals surface area contributed by atoms with Crippen molar-refractivity contribution in [2.45, 2.75) is 33.6 Å². The second kappa shape index (κ2) is 10.4. The number of amides is 2. The van der Waals surface area contributed by atoms with Crippen LogP contribution in [0.2, 0.25) is 5.02 Å². The molecule has 2 rings (SSSR count). The van der Waals surface area contributed by atoms with E-state index in [2.05, 4.69) is 26.6 Å². The van der Waals surface area contributed by atoms with Gasteiger partial charge in [-0.05, 0) is 65.5 Å². The van der Waals surface area contributed by atoms with Gasteiger partial charge in [0.1, 0.15) is 0 Å². The van der Waals surface area contributed by atoms with Crippen molar-refractivity contribution in [3.63, 3.8) is 0 Å². The highest BCUT2D eigenvalue weighted by Gasteiger charge is 2.14. The number of hydrogen-bond donors (Lipinski definition) is 2. The molecule has 0 saturated heterocycles. The molecule has 0 bridgehead atoms. The lowest BCUT2D eigenvalue weighted by Gasteiger charge is -2.12. The maximum Gasteiger partial charge on any atom is 0.306 e. The third-order valence-corrected chi connectivity index (χ3v) is 5.66. The van der Waals surface area contributed by atoms with Crippen LogP contribution in [0.4, 0.5) is 11.4 Å². The average molecular weight is 482 g/mol. The van der Waals surface area contributed by atoms with Crippen molar-refractivity contribution in [2.24, 2.45) is 0 Å². The van der Waals surface area contributed by atoms with Crippen LogP contribution in [0.3, 0.4) is 0 Å². The Labute approximate surface area is 183 Å². The lowest BCUT2D eigenvalue weighted by Crippen LogP contribution is -2.22. The first-order valence-corrected chi connectivity index (χ1v) is 10.1. The monoisotopic (exact) mass is 480 g/mol. The van der Waals surface area contributed by atoms with Crippen LogP contribution in [-0.2, 0) is 19.1 Å². The standard InChI is InChI=1S/C21H22BrClN2O4/c1-12-5-4-6-13(2)21(12)25-17(26)9-10-19(28)29-11-18(27)24-16-8-7-15(22)20(23)14(16)3/h4-8H,9-11H2,1-3H3,(H,24,27)(H,25,26). The molecule has 0 spiro atoms. The number of nitrogens with one attached hydrogen (secondary N) is 2. The predicted molar refractivity (Wildman–Crippen MR) is 117 cm³/mol. The largest absolute Gasteiger partial charge is 0.456 e. The Balaban J connectivity index is 1.77. The summed E-state index contributed by atoms with van der Waals surface area (Å²) in [6.07, 6.45) is -0.150. The lowest BCUT2D eigenvalue weighted by molar-refractivity contribution is -0.147. The third kappa shape index (κ3) is 6.58. The summed E-state index contributed by atoms with van der Waals surface area (Å²) >= 11 is 9.43. The van der Waals surface area contributed by atoms with E-state index in [1.807, 2.05) is 32.0 Å². The van der Waals surface area contributed by atoms with Crippen molar-refractivity contribution in [1.82, 2.24) is 0 Å². The third-order valence-electron chi connectivity index (χ3n) is 4.28. The van der Waals surface area contributed by atoms with E-state index in [-0.39, 0.29) is 18.7 Å². The molecule has 2 aromatic rings. The van der Waals surface area contributed by atoms with Crippen molar-refractivity contribution in [3.05, 3.63) is 56.5 Å². The normalized spacial score (nSPS) is 10.4. The minimum Gasteiger partial charge on any atom is -0.456 e. The molecular weight excluding hydrogens is 460 g/mol. The molecule has 0 atom stereocenters. The van der Waals surface area contributed by atoms with Crippen LogP contribution in [0.25, 0.3) is 0 Å². The average Bonchev–Trinajstić information content (AvgIpc) is 2.68. The van der Waals surface area contributed by atoms with Gasteiger partial charge in [0.25, 0.3) is 5.91 Å². The molecule has 154 valence electrons. The van der Waals surface area contributed by atoms with Crippen LogP contribution in [0, 0.1) is 20.8 Å². The van der Waals surface area contributed by atoms with Gasteiger partial charge in [-0.1, -0.05) is 29.8 Å². The van der Waals surface area contributed by atoms with Gasteiger partial charge < -0.3 is 15.4 Å². The topological polar surface area (TPSA) is 84.5 Å². The molecule has 0 aliphatic carbocycles. The van der Waals surface area contributed by atoms with Crippen molar-refractivity contribution >= 4 is 56.7 Å². The number of aryl methyl sites for hydroxylation is 2. The smallest absolute Gasteiger partial charge is 0.306 e. The minimum absolute atomic E-state index is 0.0321. The first-order chi connectivity index (χ1) is 13.7. The summed E-state index contributed by atoms with van der Waals surface area (Å²) < 4.78 is 5.67. The van der Waals surface area contributed by atoms with Gasteiger partial charge in [-0.15, -0.1) is 0 Å². The van der Waals surface area contributed by atoms with Gasteiger partial charge >= 0.3 is 5.97 Å². The fourth-order valence-corrected chi connectivity index (χ4v) is 3.22. The number of halogens is 2. The molecule has 2 aromatic carbocycles. The summed E-state index contributed by atoms with van der Waals surface area (Å²) in [4.78, 5) is 35.9. The zero-order chi connectivity index (χ0) is 21.6. The number of esters is 1. The fourth-order valence-electron chi connectivity index (χ4n) is 2.62. The molecule has 0 heterocycles. The van der Waals surface area contributed by atoms with Crippen LogP contribution in [0.5, 0.6) is 0 Å². The predicted octanol–water partition coefficient (Wildman–Crippen LogP) is 4.93. The lowest BCUT2D eigenvalue weighted by atomic mass is 10.1. The van der Waals surface area contributed by atoms with Gasteiger partial charge in [0.15, 0.2) is 6.61 Å². The first-order valence-electron chi connectivity index (χ1n) is 8.95. The molecule has 0 aliphatic rings. The second-order valence-electron chi connectivity index (χ2n) is 6.56. The zero-order valence-corrected chi connectivity index (χ0v) is 18.7. The van der Waals surface area contributed by atoms with Gasteiger partial charge in [0.2, 0.25) is 5.91 Å². The van der Waals surface area contributed by atoms with Crippen LogP contribution in [0.15, 0.2) is 34.8 Å². The van der Waals surface area contributed by atoms with Gasteiger partial charge in [-0.2, -0.15) is 0 Å². The van der Waals surface area contributed by atoms with Crippen molar-refractivity contribution in [1.29, 1.82) is 0 Å². The summed E-state index contributed by atoms with van der Waals surface area (Å²) in [7, 11) is 0. The van der Waals surface area contributed by atoms with E-state index in [1.54, 1.807) is 19.1 Å². The number of rotatable bonds is 7. The molecule has 6 nitrogen and oxygen atoms in total. The number of benzene rings is 2. The minimum atomic E-state index is -0.623. The molecule has 0 saturated carbocycles.